The number of aryl methyl sites for hydroxylation is 2. The van der Waals surface area contributed by atoms with Gasteiger partial charge in [-0.3, -0.25) is 0 Å². The van der Waals surface area contributed by atoms with Crippen molar-refractivity contribution in [1.82, 2.24) is 9.78 Å². The van der Waals surface area contributed by atoms with Gasteiger partial charge >= 0.3 is 0 Å². The molecule has 0 radical (unpaired) electrons. The second kappa shape index (κ2) is 5.92. The third-order valence-electron chi connectivity index (χ3n) is 4.22. The summed E-state index contributed by atoms with van der Waals surface area (Å²) in [4.78, 5) is 0. The summed E-state index contributed by atoms with van der Waals surface area (Å²) < 4.78 is 1.66. The molecule has 118 valence electrons. The van der Waals surface area contributed by atoms with Crippen molar-refractivity contribution in [3.8, 4) is 22.8 Å². The van der Waals surface area contributed by atoms with Crippen molar-refractivity contribution < 1.29 is 5.11 Å². The Bertz CT molecular complexity index is 847. The molecule has 0 aliphatic rings. The molecular weight excluding hydrogens is 284 g/mol. The van der Waals surface area contributed by atoms with Gasteiger partial charge in [0.15, 0.2) is 0 Å². The van der Waals surface area contributed by atoms with Crippen molar-refractivity contribution in [2.75, 3.05) is 0 Å². The molecule has 0 saturated heterocycles. The van der Waals surface area contributed by atoms with Crippen molar-refractivity contribution in [3.63, 3.8) is 0 Å². The summed E-state index contributed by atoms with van der Waals surface area (Å²) in [5.74, 6) is 0.412. The molecule has 0 aliphatic heterocycles. The quantitative estimate of drug-likeness (QED) is 0.740. The lowest BCUT2D eigenvalue weighted by Crippen LogP contribution is -1.98. The Kier molecular flexibility index (Phi) is 3.95. The van der Waals surface area contributed by atoms with E-state index in [2.05, 4.69) is 32.9 Å². The summed E-state index contributed by atoms with van der Waals surface area (Å²) >= 11 is 0. The van der Waals surface area contributed by atoms with E-state index in [4.69, 9.17) is 5.10 Å². The van der Waals surface area contributed by atoms with Gasteiger partial charge in [0.05, 0.1) is 5.69 Å². The molecule has 0 aliphatic carbocycles. The van der Waals surface area contributed by atoms with Crippen LogP contribution in [0.5, 0.6) is 5.88 Å². The van der Waals surface area contributed by atoms with Gasteiger partial charge < -0.3 is 5.11 Å². The second-order valence-electron chi connectivity index (χ2n) is 6.25. The maximum atomic E-state index is 10.8. The lowest BCUT2D eigenvalue weighted by Gasteiger charge is -2.08. The standard InChI is InChI=1S/C20H22N2O/c1-13(2)18-19(16-11-7-5-9-14(16)3)21-22(20(18)23)17-12-8-6-10-15(17)4/h5-13,23H,1-4H3. The Morgan fingerprint density at radius 1 is 0.913 bits per heavy atom. The zero-order valence-electron chi connectivity index (χ0n) is 14.0. The van der Waals surface area contributed by atoms with E-state index >= 15 is 0 Å². The number of aromatic hydroxyl groups is 1. The summed E-state index contributed by atoms with van der Waals surface area (Å²) in [6, 6.07) is 16.1. The number of hydrogen-bond donors (Lipinski definition) is 1. The summed E-state index contributed by atoms with van der Waals surface area (Å²) in [7, 11) is 0. The monoisotopic (exact) mass is 306 g/mol. The summed E-state index contributed by atoms with van der Waals surface area (Å²) in [6.07, 6.45) is 0. The fraction of sp³-hybridized carbons (Fsp3) is 0.250. The Hall–Kier alpha value is -2.55. The average Bonchev–Trinajstić information content (AvgIpc) is 2.85. The largest absolute Gasteiger partial charge is 0.493 e. The number of para-hydroxylation sites is 1. The Morgan fingerprint density at radius 3 is 2.13 bits per heavy atom. The lowest BCUT2D eigenvalue weighted by atomic mass is 9.96. The Balaban J connectivity index is 2.28. The molecule has 3 aromatic rings. The predicted octanol–water partition coefficient (Wildman–Crippen LogP) is 4.99. The molecule has 0 amide bonds. The van der Waals surface area contributed by atoms with Crippen molar-refractivity contribution in [2.24, 2.45) is 0 Å². The van der Waals surface area contributed by atoms with E-state index in [1.165, 1.54) is 0 Å². The van der Waals surface area contributed by atoms with Gasteiger partial charge in [0.25, 0.3) is 0 Å². The van der Waals surface area contributed by atoms with Crippen molar-refractivity contribution in [2.45, 2.75) is 33.6 Å². The van der Waals surface area contributed by atoms with E-state index in [0.29, 0.717) is 0 Å². The van der Waals surface area contributed by atoms with Gasteiger partial charge in [0, 0.05) is 11.1 Å². The van der Waals surface area contributed by atoms with Gasteiger partial charge in [0.2, 0.25) is 5.88 Å². The minimum absolute atomic E-state index is 0.183. The van der Waals surface area contributed by atoms with Crippen molar-refractivity contribution >= 4 is 0 Å². The van der Waals surface area contributed by atoms with E-state index in [1.54, 1.807) is 4.68 Å². The first-order valence-electron chi connectivity index (χ1n) is 7.94. The van der Waals surface area contributed by atoms with Gasteiger partial charge in [-0.2, -0.15) is 5.10 Å². The molecule has 0 atom stereocenters. The topological polar surface area (TPSA) is 38.0 Å². The molecule has 1 aromatic heterocycles. The number of hydrogen-bond acceptors (Lipinski definition) is 2. The molecule has 3 rings (SSSR count). The van der Waals surface area contributed by atoms with Gasteiger partial charge in [-0.15, -0.1) is 0 Å². The number of benzene rings is 2. The molecule has 23 heavy (non-hydrogen) atoms. The highest BCUT2D eigenvalue weighted by molar-refractivity contribution is 5.70. The number of rotatable bonds is 3. The van der Waals surface area contributed by atoms with Crippen molar-refractivity contribution in [1.29, 1.82) is 0 Å². The third-order valence-corrected chi connectivity index (χ3v) is 4.22. The normalized spacial score (nSPS) is 11.2. The smallest absolute Gasteiger partial charge is 0.218 e. The van der Waals surface area contributed by atoms with Gasteiger partial charge in [0.1, 0.15) is 5.69 Å². The average molecular weight is 306 g/mol. The van der Waals surface area contributed by atoms with Crippen LogP contribution < -0.4 is 0 Å². The van der Waals surface area contributed by atoms with Crippen LogP contribution in [-0.2, 0) is 0 Å². The van der Waals surface area contributed by atoms with E-state index in [9.17, 15) is 5.11 Å². The second-order valence-corrected chi connectivity index (χ2v) is 6.25. The third kappa shape index (κ3) is 2.63. The maximum absolute atomic E-state index is 10.8. The van der Waals surface area contributed by atoms with Crippen LogP contribution in [0.25, 0.3) is 16.9 Å². The molecular formula is C20H22N2O. The van der Waals surface area contributed by atoms with Gasteiger partial charge in [-0.1, -0.05) is 56.3 Å². The molecule has 0 bridgehead atoms. The minimum atomic E-state index is 0.183. The van der Waals surface area contributed by atoms with Crippen LogP contribution >= 0.6 is 0 Å². The molecule has 1 heterocycles. The number of nitrogens with zero attached hydrogens (tertiary/aromatic N) is 2. The molecule has 3 nitrogen and oxygen atoms in total. The van der Waals surface area contributed by atoms with E-state index < -0.39 is 0 Å². The fourth-order valence-corrected chi connectivity index (χ4v) is 2.96. The zero-order valence-corrected chi connectivity index (χ0v) is 14.0. The van der Waals surface area contributed by atoms with Gasteiger partial charge in [-0.05, 0) is 37.0 Å². The fourth-order valence-electron chi connectivity index (χ4n) is 2.96. The lowest BCUT2D eigenvalue weighted by molar-refractivity contribution is 0.425. The highest BCUT2D eigenvalue weighted by Crippen LogP contribution is 2.38. The first kappa shape index (κ1) is 15.3. The first-order chi connectivity index (χ1) is 11.0. The van der Waals surface area contributed by atoms with Crippen molar-refractivity contribution in [3.05, 3.63) is 65.2 Å². The molecule has 2 aromatic carbocycles. The van der Waals surface area contributed by atoms with Crippen LogP contribution in [0.15, 0.2) is 48.5 Å². The summed E-state index contributed by atoms with van der Waals surface area (Å²) in [5.41, 5.74) is 5.97. The van der Waals surface area contributed by atoms with Crippen LogP contribution in [0.4, 0.5) is 0 Å². The van der Waals surface area contributed by atoms with Crippen LogP contribution in [-0.4, -0.2) is 14.9 Å². The molecule has 0 spiro atoms. The Labute approximate surface area is 137 Å². The van der Waals surface area contributed by atoms with Gasteiger partial charge in [-0.25, -0.2) is 4.68 Å². The van der Waals surface area contributed by atoms with E-state index in [0.717, 1.165) is 33.6 Å². The summed E-state index contributed by atoms with van der Waals surface area (Å²) in [5, 5.41) is 15.6. The van der Waals surface area contributed by atoms with E-state index in [1.807, 2.05) is 43.3 Å². The SMILES string of the molecule is Cc1ccccc1-c1nn(-c2ccccc2C)c(O)c1C(C)C. The molecule has 1 N–H and O–H groups in total. The highest BCUT2D eigenvalue weighted by atomic mass is 16.3. The molecule has 0 saturated carbocycles. The van der Waals surface area contributed by atoms with Crippen LogP contribution in [0.3, 0.4) is 0 Å². The minimum Gasteiger partial charge on any atom is -0.493 e. The molecule has 0 unspecified atom stereocenters. The van der Waals surface area contributed by atoms with Crippen LogP contribution in [0.2, 0.25) is 0 Å². The van der Waals surface area contributed by atoms with Crippen LogP contribution in [0.1, 0.15) is 36.5 Å². The molecule has 0 fully saturated rings. The zero-order chi connectivity index (χ0) is 16.6. The Morgan fingerprint density at radius 2 is 1.52 bits per heavy atom. The summed E-state index contributed by atoms with van der Waals surface area (Å²) in [6.45, 7) is 8.27. The number of aromatic nitrogens is 2. The maximum Gasteiger partial charge on any atom is 0.218 e. The highest BCUT2D eigenvalue weighted by Gasteiger charge is 2.23. The van der Waals surface area contributed by atoms with Crippen LogP contribution in [0, 0.1) is 13.8 Å². The predicted molar refractivity (Wildman–Crippen MR) is 94.2 cm³/mol. The first-order valence-corrected chi connectivity index (χ1v) is 7.94. The van der Waals surface area contributed by atoms with E-state index in [-0.39, 0.29) is 11.8 Å². The molecule has 3 heteroatoms.